The summed E-state index contributed by atoms with van der Waals surface area (Å²) in [5, 5.41) is 3.42. The van der Waals surface area contributed by atoms with Gasteiger partial charge < -0.3 is 11.1 Å². The molecule has 0 aliphatic heterocycles. The molecule has 0 atom stereocenters. The predicted octanol–water partition coefficient (Wildman–Crippen LogP) is 1.84. The van der Waals surface area contributed by atoms with Crippen molar-refractivity contribution in [3.63, 3.8) is 0 Å². The molecule has 0 bridgehead atoms. The third-order valence-corrected chi connectivity index (χ3v) is 3.26. The Labute approximate surface area is 100 Å². The fourth-order valence-electron chi connectivity index (χ4n) is 2.20. The van der Waals surface area contributed by atoms with Crippen LogP contribution in [0.2, 0.25) is 0 Å². The van der Waals surface area contributed by atoms with Gasteiger partial charge in [0.05, 0.1) is 16.7 Å². The molecule has 0 unspecified atom stereocenters. The Bertz CT molecular complexity index is 546. The molecular weight excluding hydrogens is 212 g/mol. The van der Waals surface area contributed by atoms with Crippen LogP contribution in [0.25, 0.3) is 11.0 Å². The highest BCUT2D eigenvalue weighted by Crippen LogP contribution is 2.24. The minimum Gasteiger partial charge on any atom is -0.366 e. The summed E-state index contributed by atoms with van der Waals surface area (Å²) in [5.41, 5.74) is 8.60. The number of hydrogen-bond donors (Lipinski definition) is 2. The summed E-state index contributed by atoms with van der Waals surface area (Å²) in [5.74, 6) is 0.889. The Morgan fingerprint density at radius 1 is 1.18 bits per heavy atom. The van der Waals surface area contributed by atoms with Crippen LogP contribution >= 0.6 is 0 Å². The largest absolute Gasteiger partial charge is 0.366 e. The number of fused-ring (bicyclic) bond motifs is 1. The number of anilines is 1. The second kappa shape index (κ2) is 3.96. The molecule has 1 saturated carbocycles. The predicted molar refractivity (Wildman–Crippen MR) is 68.9 cm³/mol. The number of hydrogen-bond acceptors (Lipinski definition) is 4. The standard InChI is InChI=1S/C13H16N4/c1-8-13(16-10-6-9(14)7-10)17-12-5-3-2-4-11(12)15-8/h2-5,9-10H,6-7,14H2,1H3,(H,16,17). The van der Waals surface area contributed by atoms with Crippen molar-refractivity contribution < 1.29 is 0 Å². The van der Waals surface area contributed by atoms with Crippen molar-refractivity contribution in [2.75, 3.05) is 5.32 Å². The third kappa shape index (κ3) is 1.96. The number of nitrogens with zero attached hydrogens (tertiary/aromatic N) is 2. The minimum absolute atomic E-state index is 0.348. The summed E-state index contributed by atoms with van der Waals surface area (Å²) in [7, 11) is 0. The Balaban J connectivity index is 1.90. The summed E-state index contributed by atoms with van der Waals surface area (Å²) in [6, 6.07) is 8.74. The van der Waals surface area contributed by atoms with E-state index in [-0.39, 0.29) is 0 Å². The van der Waals surface area contributed by atoms with Crippen molar-refractivity contribution in [3.05, 3.63) is 30.0 Å². The van der Waals surface area contributed by atoms with Gasteiger partial charge >= 0.3 is 0 Å². The number of benzene rings is 1. The Morgan fingerprint density at radius 3 is 2.47 bits per heavy atom. The molecule has 0 radical (unpaired) electrons. The summed E-state index contributed by atoms with van der Waals surface area (Å²) in [4.78, 5) is 9.16. The van der Waals surface area contributed by atoms with Gasteiger partial charge in [-0.15, -0.1) is 0 Å². The third-order valence-electron chi connectivity index (χ3n) is 3.26. The quantitative estimate of drug-likeness (QED) is 0.823. The highest BCUT2D eigenvalue weighted by atomic mass is 15.1. The zero-order valence-corrected chi connectivity index (χ0v) is 9.85. The van der Waals surface area contributed by atoms with Gasteiger partial charge in [0.15, 0.2) is 0 Å². The molecule has 2 aromatic rings. The first-order valence-electron chi connectivity index (χ1n) is 5.98. The average Bonchev–Trinajstić information content (AvgIpc) is 2.28. The van der Waals surface area contributed by atoms with Gasteiger partial charge in [-0.05, 0) is 31.9 Å². The highest BCUT2D eigenvalue weighted by Gasteiger charge is 2.26. The number of rotatable bonds is 2. The van der Waals surface area contributed by atoms with Crippen LogP contribution < -0.4 is 11.1 Å². The van der Waals surface area contributed by atoms with Crippen LogP contribution in [0.3, 0.4) is 0 Å². The van der Waals surface area contributed by atoms with E-state index in [0.29, 0.717) is 12.1 Å². The molecule has 0 amide bonds. The molecule has 1 aromatic carbocycles. The zero-order valence-electron chi connectivity index (χ0n) is 9.85. The molecule has 88 valence electrons. The normalized spacial score (nSPS) is 23.4. The number of nitrogens with two attached hydrogens (primary N) is 1. The van der Waals surface area contributed by atoms with Crippen molar-refractivity contribution >= 4 is 16.9 Å². The summed E-state index contributed by atoms with van der Waals surface area (Å²) in [6.07, 6.45) is 2.04. The van der Waals surface area contributed by atoms with Crippen LogP contribution in [0.15, 0.2) is 24.3 Å². The topological polar surface area (TPSA) is 63.8 Å². The lowest BCUT2D eigenvalue weighted by molar-refractivity contribution is 0.373. The minimum atomic E-state index is 0.348. The molecule has 4 nitrogen and oxygen atoms in total. The van der Waals surface area contributed by atoms with Crippen molar-refractivity contribution in [2.24, 2.45) is 5.73 Å². The van der Waals surface area contributed by atoms with Crippen LogP contribution in [0.1, 0.15) is 18.5 Å². The fraction of sp³-hybridized carbons (Fsp3) is 0.385. The van der Waals surface area contributed by atoms with Gasteiger partial charge in [-0.1, -0.05) is 12.1 Å². The summed E-state index contributed by atoms with van der Waals surface area (Å²) in [6.45, 7) is 1.99. The van der Waals surface area contributed by atoms with E-state index in [1.54, 1.807) is 0 Å². The van der Waals surface area contributed by atoms with Gasteiger partial charge in [0.2, 0.25) is 0 Å². The average molecular weight is 228 g/mol. The number of aryl methyl sites for hydroxylation is 1. The Hall–Kier alpha value is -1.68. The second-order valence-corrected chi connectivity index (χ2v) is 4.72. The van der Waals surface area contributed by atoms with Crippen LogP contribution in [-0.4, -0.2) is 22.1 Å². The molecule has 1 fully saturated rings. The van der Waals surface area contributed by atoms with E-state index >= 15 is 0 Å². The first kappa shape index (κ1) is 10.5. The molecular formula is C13H16N4. The highest BCUT2D eigenvalue weighted by molar-refractivity contribution is 5.76. The zero-order chi connectivity index (χ0) is 11.8. The molecule has 1 aliphatic rings. The second-order valence-electron chi connectivity index (χ2n) is 4.72. The van der Waals surface area contributed by atoms with E-state index in [4.69, 9.17) is 5.73 Å². The number of para-hydroxylation sites is 2. The molecule has 3 N–H and O–H groups in total. The lowest BCUT2D eigenvalue weighted by Gasteiger charge is -2.33. The lowest BCUT2D eigenvalue weighted by Crippen LogP contribution is -2.44. The van der Waals surface area contributed by atoms with Gasteiger partial charge in [0.25, 0.3) is 0 Å². The van der Waals surface area contributed by atoms with Crippen molar-refractivity contribution in [1.82, 2.24) is 9.97 Å². The number of nitrogens with one attached hydrogen (secondary N) is 1. The SMILES string of the molecule is Cc1nc2ccccc2nc1NC1CC(N)C1. The van der Waals surface area contributed by atoms with Gasteiger partial charge in [0, 0.05) is 12.1 Å². The van der Waals surface area contributed by atoms with Crippen molar-refractivity contribution in [3.8, 4) is 0 Å². The lowest BCUT2D eigenvalue weighted by atomic mass is 9.87. The maximum atomic E-state index is 5.78. The maximum Gasteiger partial charge on any atom is 0.148 e. The summed E-state index contributed by atoms with van der Waals surface area (Å²) >= 11 is 0. The molecule has 3 rings (SSSR count). The van der Waals surface area contributed by atoms with Crippen LogP contribution in [0.4, 0.5) is 5.82 Å². The first-order valence-corrected chi connectivity index (χ1v) is 5.98. The van der Waals surface area contributed by atoms with Gasteiger partial charge in [-0.2, -0.15) is 0 Å². The molecule has 0 saturated heterocycles. The van der Waals surface area contributed by atoms with Gasteiger partial charge in [-0.3, -0.25) is 0 Å². The van der Waals surface area contributed by atoms with Crippen molar-refractivity contribution in [1.29, 1.82) is 0 Å². The smallest absolute Gasteiger partial charge is 0.148 e. The van der Waals surface area contributed by atoms with E-state index in [0.717, 1.165) is 35.4 Å². The van der Waals surface area contributed by atoms with E-state index in [9.17, 15) is 0 Å². The molecule has 17 heavy (non-hydrogen) atoms. The molecule has 1 aliphatic carbocycles. The Morgan fingerprint density at radius 2 is 1.82 bits per heavy atom. The maximum absolute atomic E-state index is 5.78. The molecule has 4 heteroatoms. The van der Waals surface area contributed by atoms with Crippen LogP contribution in [-0.2, 0) is 0 Å². The van der Waals surface area contributed by atoms with E-state index in [1.807, 2.05) is 31.2 Å². The molecule has 0 spiro atoms. The molecule has 1 aromatic heterocycles. The summed E-state index contributed by atoms with van der Waals surface area (Å²) < 4.78 is 0. The molecule has 1 heterocycles. The monoisotopic (exact) mass is 228 g/mol. The van der Waals surface area contributed by atoms with Crippen molar-refractivity contribution in [2.45, 2.75) is 31.8 Å². The fourth-order valence-corrected chi connectivity index (χ4v) is 2.20. The van der Waals surface area contributed by atoms with Crippen LogP contribution in [0.5, 0.6) is 0 Å². The van der Waals surface area contributed by atoms with E-state index < -0.39 is 0 Å². The number of aromatic nitrogens is 2. The van der Waals surface area contributed by atoms with Gasteiger partial charge in [-0.25, -0.2) is 9.97 Å². The van der Waals surface area contributed by atoms with Crippen LogP contribution in [0, 0.1) is 6.92 Å². The van der Waals surface area contributed by atoms with Gasteiger partial charge in [0.1, 0.15) is 5.82 Å². The first-order chi connectivity index (χ1) is 8.22. The van der Waals surface area contributed by atoms with E-state index in [2.05, 4.69) is 15.3 Å². The Kier molecular flexibility index (Phi) is 2.44. The van der Waals surface area contributed by atoms with E-state index in [1.165, 1.54) is 0 Å².